The molecule has 0 aliphatic rings. The molecule has 0 fully saturated rings. The minimum atomic E-state index is 0.0333. The van der Waals surface area contributed by atoms with Crippen molar-refractivity contribution in [3.63, 3.8) is 0 Å². The van der Waals surface area contributed by atoms with Gasteiger partial charge in [-0.15, -0.1) is 0 Å². The van der Waals surface area contributed by atoms with Crippen molar-refractivity contribution in [1.29, 1.82) is 5.26 Å². The van der Waals surface area contributed by atoms with Gasteiger partial charge in [0, 0.05) is 13.2 Å². The highest BCUT2D eigenvalue weighted by Gasteiger charge is 2.02. The second-order valence-electron chi connectivity index (χ2n) is 3.39. The average Bonchev–Trinajstić information content (AvgIpc) is 2.35. The van der Waals surface area contributed by atoms with Crippen LogP contribution in [-0.4, -0.2) is 36.5 Å². The van der Waals surface area contributed by atoms with E-state index in [9.17, 15) is 0 Å². The van der Waals surface area contributed by atoms with Crippen LogP contribution in [0.15, 0.2) is 12.3 Å². The highest BCUT2D eigenvalue weighted by atomic mass is 16.5. The van der Waals surface area contributed by atoms with Gasteiger partial charge in [0.2, 0.25) is 0 Å². The fourth-order valence-corrected chi connectivity index (χ4v) is 1.25. The van der Waals surface area contributed by atoms with Gasteiger partial charge in [-0.05, 0) is 12.5 Å². The molecule has 92 valence electrons. The number of nitrogen functional groups attached to an aromatic ring is 1. The smallest absolute Gasteiger partial charge is 0.144 e. The molecule has 0 aliphatic heterocycles. The van der Waals surface area contributed by atoms with Crippen molar-refractivity contribution in [3.8, 4) is 6.07 Å². The lowest BCUT2D eigenvalue weighted by Crippen LogP contribution is -2.09. The van der Waals surface area contributed by atoms with Crippen molar-refractivity contribution in [2.24, 2.45) is 0 Å². The second-order valence-corrected chi connectivity index (χ2v) is 3.39. The van der Waals surface area contributed by atoms with Crippen LogP contribution in [0.3, 0.4) is 0 Å². The molecule has 6 nitrogen and oxygen atoms in total. The number of hydrogen-bond acceptors (Lipinski definition) is 6. The molecule has 1 aromatic rings. The first-order valence-corrected chi connectivity index (χ1v) is 5.36. The first-order chi connectivity index (χ1) is 8.27. The van der Waals surface area contributed by atoms with E-state index in [0.717, 1.165) is 6.42 Å². The van der Waals surface area contributed by atoms with Crippen LogP contribution >= 0.6 is 0 Å². The van der Waals surface area contributed by atoms with Crippen molar-refractivity contribution in [2.45, 2.75) is 6.42 Å². The fraction of sp³-hybridized carbons (Fsp3) is 0.455. The van der Waals surface area contributed by atoms with Gasteiger partial charge in [-0.25, -0.2) is 4.98 Å². The minimum absolute atomic E-state index is 0.0333. The Labute approximate surface area is 100 Å². The van der Waals surface area contributed by atoms with Crippen molar-refractivity contribution >= 4 is 11.5 Å². The molecule has 0 saturated carbocycles. The third-order valence-corrected chi connectivity index (χ3v) is 2.02. The molecule has 0 atom stereocenters. The number of aliphatic hydroxyl groups excluding tert-OH is 1. The first-order valence-electron chi connectivity index (χ1n) is 5.36. The summed E-state index contributed by atoms with van der Waals surface area (Å²) in [5.41, 5.74) is 6.43. The van der Waals surface area contributed by atoms with E-state index >= 15 is 0 Å². The van der Waals surface area contributed by atoms with E-state index in [0.29, 0.717) is 36.8 Å². The summed E-state index contributed by atoms with van der Waals surface area (Å²) in [6, 6.07) is 3.61. The lowest BCUT2D eigenvalue weighted by molar-refractivity contribution is 0.0922. The molecule has 4 N–H and O–H groups in total. The second kappa shape index (κ2) is 7.44. The largest absolute Gasteiger partial charge is 0.397 e. The molecule has 0 saturated heterocycles. The summed E-state index contributed by atoms with van der Waals surface area (Å²) in [5, 5.41) is 20.4. The number of aromatic nitrogens is 1. The maximum absolute atomic E-state index is 8.88. The van der Waals surface area contributed by atoms with E-state index in [4.69, 9.17) is 20.8 Å². The summed E-state index contributed by atoms with van der Waals surface area (Å²) in [6.45, 7) is 1.59. The molecule has 1 heterocycles. The summed E-state index contributed by atoms with van der Waals surface area (Å²) < 4.78 is 5.10. The van der Waals surface area contributed by atoms with E-state index in [1.54, 1.807) is 6.07 Å². The van der Waals surface area contributed by atoms with Gasteiger partial charge >= 0.3 is 0 Å². The monoisotopic (exact) mass is 236 g/mol. The third-order valence-electron chi connectivity index (χ3n) is 2.02. The maximum Gasteiger partial charge on any atom is 0.144 e. The van der Waals surface area contributed by atoms with Crippen LogP contribution in [0, 0.1) is 11.3 Å². The standard InChI is InChI=1S/C11H16N4O2/c12-7-9-6-10(13)8-15-11(9)14-2-1-4-17-5-3-16/h6,8,16H,1-5,13H2,(H,14,15). The van der Waals surface area contributed by atoms with E-state index in [1.807, 2.05) is 6.07 Å². The molecular weight excluding hydrogens is 220 g/mol. The normalized spacial score (nSPS) is 9.88. The zero-order valence-electron chi connectivity index (χ0n) is 9.52. The molecule has 6 heteroatoms. The van der Waals surface area contributed by atoms with Gasteiger partial charge in [-0.1, -0.05) is 0 Å². The van der Waals surface area contributed by atoms with Gasteiger partial charge in [0.05, 0.1) is 30.7 Å². The molecule has 0 unspecified atom stereocenters. The average molecular weight is 236 g/mol. The number of pyridine rings is 1. The predicted octanol–water partition coefficient (Wildman–Crippen LogP) is 0.346. The molecule has 1 aromatic heterocycles. The summed E-state index contributed by atoms with van der Waals surface area (Å²) in [4.78, 5) is 4.04. The van der Waals surface area contributed by atoms with Crippen molar-refractivity contribution in [1.82, 2.24) is 4.98 Å². The molecule has 0 amide bonds. The number of nitrogens with zero attached hydrogens (tertiary/aromatic N) is 2. The summed E-state index contributed by atoms with van der Waals surface area (Å²) in [7, 11) is 0. The lowest BCUT2D eigenvalue weighted by atomic mass is 10.2. The van der Waals surface area contributed by atoms with Crippen LogP contribution in [0.1, 0.15) is 12.0 Å². The zero-order valence-corrected chi connectivity index (χ0v) is 9.52. The van der Waals surface area contributed by atoms with E-state index < -0.39 is 0 Å². The Balaban J connectivity index is 2.34. The number of ether oxygens (including phenoxy) is 1. The Hall–Kier alpha value is -1.84. The van der Waals surface area contributed by atoms with Crippen LogP contribution in [-0.2, 0) is 4.74 Å². The van der Waals surface area contributed by atoms with E-state index in [2.05, 4.69) is 10.3 Å². The third kappa shape index (κ3) is 4.68. The van der Waals surface area contributed by atoms with Crippen LogP contribution in [0.5, 0.6) is 0 Å². The van der Waals surface area contributed by atoms with Gasteiger partial charge < -0.3 is 20.9 Å². The molecule has 0 spiro atoms. The number of nitriles is 1. The molecule has 0 radical (unpaired) electrons. The Kier molecular flexibility index (Phi) is 5.79. The summed E-state index contributed by atoms with van der Waals surface area (Å²) in [5.74, 6) is 0.531. The quantitative estimate of drug-likeness (QED) is 0.590. The number of hydrogen-bond donors (Lipinski definition) is 3. The summed E-state index contributed by atoms with van der Waals surface area (Å²) >= 11 is 0. The maximum atomic E-state index is 8.88. The Bertz CT molecular complexity index is 390. The van der Waals surface area contributed by atoms with Gasteiger partial charge in [0.1, 0.15) is 11.9 Å². The van der Waals surface area contributed by atoms with Crippen LogP contribution in [0.4, 0.5) is 11.5 Å². The predicted molar refractivity (Wildman–Crippen MR) is 64.4 cm³/mol. The number of nitrogens with two attached hydrogens (primary N) is 1. The van der Waals surface area contributed by atoms with Crippen molar-refractivity contribution in [2.75, 3.05) is 37.4 Å². The number of rotatable bonds is 7. The van der Waals surface area contributed by atoms with Crippen LogP contribution < -0.4 is 11.1 Å². The Morgan fingerprint density at radius 3 is 3.06 bits per heavy atom. The highest BCUT2D eigenvalue weighted by molar-refractivity contribution is 5.57. The summed E-state index contributed by atoms with van der Waals surface area (Å²) in [6.07, 6.45) is 2.28. The van der Waals surface area contributed by atoms with Gasteiger partial charge in [0.25, 0.3) is 0 Å². The number of nitrogens with one attached hydrogen (secondary N) is 1. The molecule has 17 heavy (non-hydrogen) atoms. The molecule has 0 bridgehead atoms. The van der Waals surface area contributed by atoms with E-state index in [-0.39, 0.29) is 6.61 Å². The molecular formula is C11H16N4O2. The van der Waals surface area contributed by atoms with Crippen LogP contribution in [0.25, 0.3) is 0 Å². The SMILES string of the molecule is N#Cc1cc(N)cnc1NCCCOCCO. The zero-order chi connectivity index (χ0) is 12.5. The number of anilines is 2. The van der Waals surface area contributed by atoms with Crippen LogP contribution in [0.2, 0.25) is 0 Å². The Morgan fingerprint density at radius 1 is 1.53 bits per heavy atom. The van der Waals surface area contributed by atoms with Crippen molar-refractivity contribution < 1.29 is 9.84 Å². The molecule has 1 rings (SSSR count). The lowest BCUT2D eigenvalue weighted by Gasteiger charge is -2.07. The van der Waals surface area contributed by atoms with Gasteiger partial charge in [-0.3, -0.25) is 0 Å². The molecule has 0 aromatic carbocycles. The van der Waals surface area contributed by atoms with Crippen molar-refractivity contribution in [3.05, 3.63) is 17.8 Å². The number of aliphatic hydroxyl groups is 1. The fourth-order valence-electron chi connectivity index (χ4n) is 1.25. The van der Waals surface area contributed by atoms with E-state index in [1.165, 1.54) is 6.20 Å². The highest BCUT2D eigenvalue weighted by Crippen LogP contribution is 2.13. The van der Waals surface area contributed by atoms with Gasteiger partial charge in [-0.2, -0.15) is 5.26 Å². The Morgan fingerprint density at radius 2 is 2.35 bits per heavy atom. The van der Waals surface area contributed by atoms with Gasteiger partial charge in [0.15, 0.2) is 0 Å². The minimum Gasteiger partial charge on any atom is -0.397 e. The topological polar surface area (TPSA) is 104 Å². The molecule has 0 aliphatic carbocycles. The first kappa shape index (κ1) is 13.2.